The highest BCUT2D eigenvalue weighted by molar-refractivity contribution is 8.03. The second-order valence-electron chi connectivity index (χ2n) is 21.0. The summed E-state index contributed by atoms with van der Waals surface area (Å²) in [5, 5.41) is 25.7. The first-order valence-electron chi connectivity index (χ1n) is 24.6. The summed E-state index contributed by atoms with van der Waals surface area (Å²) in [6.45, 7) is 17.4. The van der Waals surface area contributed by atoms with E-state index in [1.165, 1.54) is 31.3 Å². The van der Waals surface area contributed by atoms with E-state index in [1.54, 1.807) is 0 Å². The number of rotatable bonds is 13. The van der Waals surface area contributed by atoms with Crippen LogP contribution in [0.4, 0.5) is 0 Å². The first-order valence-corrected chi connectivity index (χ1v) is 26.7. The average Bonchev–Trinajstić information content (AvgIpc) is 3.31. The Kier molecular flexibility index (Phi) is 15.4. The van der Waals surface area contributed by atoms with Crippen molar-refractivity contribution in [2.24, 2.45) is 11.3 Å². The zero-order valence-electron chi connectivity index (χ0n) is 41.4. The van der Waals surface area contributed by atoms with Gasteiger partial charge in [0.1, 0.15) is 22.9 Å². The smallest absolute Gasteiger partial charge is 0.169 e. The monoisotopic (exact) mass is 942 g/mol. The molecule has 6 heteroatoms. The lowest BCUT2D eigenvalue weighted by Gasteiger charge is -2.40. The minimum atomic E-state index is -1.22. The maximum absolute atomic E-state index is 12.7. The van der Waals surface area contributed by atoms with E-state index in [-0.39, 0.29) is 22.5 Å². The highest BCUT2D eigenvalue weighted by Crippen LogP contribution is 2.49. The summed E-state index contributed by atoms with van der Waals surface area (Å²) in [6.07, 6.45) is 11.5. The number of thioether (sulfide) groups is 2. The molecule has 2 N–H and O–H groups in total. The van der Waals surface area contributed by atoms with Gasteiger partial charge in [-0.05, 0) is 83.1 Å². The molecule has 0 heterocycles. The fraction of sp³-hybridized carbons (Fsp3) is 0.355. The summed E-state index contributed by atoms with van der Waals surface area (Å²) < 4.78 is 14.0. The zero-order chi connectivity index (χ0) is 48.1. The molecular weight excluding hydrogens is 873 g/mol. The van der Waals surface area contributed by atoms with Gasteiger partial charge in [-0.1, -0.05) is 207 Å². The zero-order valence-corrected chi connectivity index (χ0v) is 43.0. The summed E-state index contributed by atoms with van der Waals surface area (Å²) in [7, 11) is 0. The minimum Gasteiger partial charge on any atom is -0.504 e. The van der Waals surface area contributed by atoms with E-state index in [0.717, 1.165) is 80.2 Å². The molecular formula is C62H70O4S2. The Morgan fingerprint density at radius 3 is 1.65 bits per heavy atom. The number of benzene rings is 6. The lowest BCUT2D eigenvalue weighted by molar-refractivity contribution is 0.0250. The molecule has 0 aliphatic heterocycles. The predicted molar refractivity (Wildman–Crippen MR) is 290 cm³/mol. The van der Waals surface area contributed by atoms with Crippen LogP contribution in [0.15, 0.2) is 163 Å². The third kappa shape index (κ3) is 11.5. The first kappa shape index (κ1) is 49.3. The summed E-state index contributed by atoms with van der Waals surface area (Å²) in [5.74, 6) is 4.05. The Balaban J connectivity index is 1.07. The van der Waals surface area contributed by atoms with Gasteiger partial charge in [0.15, 0.2) is 11.5 Å². The van der Waals surface area contributed by atoms with E-state index in [2.05, 4.69) is 176 Å². The Labute approximate surface area is 415 Å². The van der Waals surface area contributed by atoms with E-state index in [9.17, 15) is 10.2 Å². The van der Waals surface area contributed by atoms with Crippen molar-refractivity contribution in [1.82, 2.24) is 0 Å². The molecule has 0 amide bonds. The molecule has 6 aromatic rings. The third-order valence-electron chi connectivity index (χ3n) is 13.8. The Morgan fingerprint density at radius 2 is 1.12 bits per heavy atom. The number of ether oxygens (including phenoxy) is 2. The van der Waals surface area contributed by atoms with Gasteiger partial charge in [0, 0.05) is 50.2 Å². The van der Waals surface area contributed by atoms with E-state index in [0.29, 0.717) is 27.8 Å². The van der Waals surface area contributed by atoms with Crippen molar-refractivity contribution in [2.45, 2.75) is 121 Å². The van der Waals surface area contributed by atoms with Crippen LogP contribution in [0, 0.1) is 18.3 Å². The van der Waals surface area contributed by atoms with Gasteiger partial charge in [0.2, 0.25) is 0 Å². The van der Waals surface area contributed by atoms with Gasteiger partial charge >= 0.3 is 0 Å². The molecule has 0 saturated heterocycles. The van der Waals surface area contributed by atoms with Gasteiger partial charge in [0.25, 0.3) is 0 Å². The van der Waals surface area contributed by atoms with Gasteiger partial charge < -0.3 is 19.7 Å². The number of hydrogen-bond donors (Lipinski definition) is 2. The van der Waals surface area contributed by atoms with Crippen LogP contribution in [0.25, 0.3) is 33.4 Å². The number of aliphatic hydroxyl groups is 1. The van der Waals surface area contributed by atoms with E-state index < -0.39 is 5.60 Å². The van der Waals surface area contributed by atoms with Crippen molar-refractivity contribution < 1.29 is 19.7 Å². The molecule has 0 bridgehead atoms. The van der Waals surface area contributed by atoms with Gasteiger partial charge in [-0.15, -0.1) is 0 Å². The molecule has 6 aromatic carbocycles. The largest absolute Gasteiger partial charge is 0.504 e. The lowest BCUT2D eigenvalue weighted by atomic mass is 9.75. The molecule has 8 rings (SSSR count). The van der Waals surface area contributed by atoms with Crippen LogP contribution < -0.4 is 9.47 Å². The standard InChI is InChI=1S/C62H70O4S2/c1-42-24-22-31-50(43-25-14-11-15-26-43)58(42)66-56-39-48(61(5,6)7)37-49(62(56,8)64)41-68-55-35-21-10-9-20-34-54(55)67-40-46-36-47(60(2,3)4)38-53(57(46)63)65-59-51(44-27-16-12-17-28-44)32-23-33-52(59)45-29-18-13-19-30-45/h11-19,22-33,36-39,49,54-55,63-64H,9-10,20-21,34-35,40-41H2,1-8H3/t49-,54?,55?,62?/m1/s1. The molecule has 1 fully saturated rings. The maximum Gasteiger partial charge on any atom is 0.169 e. The lowest BCUT2D eigenvalue weighted by Crippen LogP contribution is -2.42. The maximum atomic E-state index is 12.7. The molecule has 2 aliphatic rings. The number of phenols is 1. The van der Waals surface area contributed by atoms with Crippen molar-refractivity contribution in [3.8, 4) is 56.4 Å². The predicted octanol–water partition coefficient (Wildman–Crippen LogP) is 17.2. The van der Waals surface area contributed by atoms with Gasteiger partial charge in [-0.25, -0.2) is 0 Å². The highest BCUT2D eigenvalue weighted by Gasteiger charge is 2.42. The Bertz CT molecular complexity index is 2650. The number of allylic oxidation sites excluding steroid dienone is 2. The van der Waals surface area contributed by atoms with Crippen molar-refractivity contribution in [3.63, 3.8) is 0 Å². The summed E-state index contributed by atoms with van der Waals surface area (Å²) in [5.41, 5.74) is 8.84. The van der Waals surface area contributed by atoms with Gasteiger partial charge in [-0.2, -0.15) is 23.5 Å². The SMILES string of the molecule is Cc1cccc(-c2ccccc2)c1OC1=CC(C(C)(C)C)=C[C@H](CSC2CCCCCCC2SCc2cc(C(C)(C)C)cc(Oc3c(-c4ccccc4)cccc3-c3ccccc3)c2O)C1(C)O. The first-order chi connectivity index (χ1) is 32.6. The summed E-state index contributed by atoms with van der Waals surface area (Å²) >= 11 is 3.99. The third-order valence-corrected chi connectivity index (χ3v) is 17.0. The topological polar surface area (TPSA) is 58.9 Å². The van der Waals surface area contributed by atoms with Crippen LogP contribution in [0.3, 0.4) is 0 Å². The second-order valence-corrected chi connectivity index (χ2v) is 23.5. The quantitative estimate of drug-likeness (QED) is 0.120. The van der Waals surface area contributed by atoms with Crippen LogP contribution in [-0.4, -0.2) is 32.1 Å². The van der Waals surface area contributed by atoms with Crippen LogP contribution in [-0.2, 0) is 11.2 Å². The van der Waals surface area contributed by atoms with Crippen molar-refractivity contribution in [2.75, 3.05) is 5.75 Å². The van der Waals surface area contributed by atoms with Crippen molar-refractivity contribution >= 4 is 23.5 Å². The molecule has 0 spiro atoms. The molecule has 4 nitrogen and oxygen atoms in total. The van der Waals surface area contributed by atoms with Crippen molar-refractivity contribution in [1.29, 1.82) is 0 Å². The average molecular weight is 943 g/mol. The highest BCUT2D eigenvalue weighted by atomic mass is 32.2. The molecule has 68 heavy (non-hydrogen) atoms. The molecule has 3 unspecified atom stereocenters. The fourth-order valence-electron chi connectivity index (χ4n) is 9.40. The van der Waals surface area contributed by atoms with E-state index in [4.69, 9.17) is 9.47 Å². The number of para-hydroxylation sites is 2. The molecule has 2 aliphatic carbocycles. The number of aromatic hydroxyl groups is 1. The molecule has 4 atom stereocenters. The number of aryl methyl sites for hydroxylation is 1. The fourth-order valence-corrected chi connectivity index (χ4v) is 12.7. The Hall–Kier alpha value is -5.14. The number of hydrogen-bond acceptors (Lipinski definition) is 6. The molecule has 0 radical (unpaired) electrons. The Morgan fingerprint density at radius 1 is 0.603 bits per heavy atom. The van der Waals surface area contributed by atoms with Gasteiger partial charge in [-0.3, -0.25) is 0 Å². The van der Waals surface area contributed by atoms with E-state index >= 15 is 0 Å². The van der Waals surface area contributed by atoms with Crippen molar-refractivity contribution in [3.05, 3.63) is 180 Å². The normalized spacial score (nSPS) is 20.2. The second kappa shape index (κ2) is 21.2. The minimum absolute atomic E-state index is 0.139. The van der Waals surface area contributed by atoms with Crippen LogP contribution in [0.1, 0.15) is 104 Å². The van der Waals surface area contributed by atoms with Gasteiger partial charge in [0.05, 0.1) is 0 Å². The summed E-state index contributed by atoms with van der Waals surface area (Å²) in [4.78, 5) is 0. The van der Waals surface area contributed by atoms with Crippen LogP contribution in [0.2, 0.25) is 0 Å². The van der Waals surface area contributed by atoms with Crippen LogP contribution in [0.5, 0.6) is 23.0 Å². The number of phenolic OH excluding ortho intramolecular Hbond substituents is 1. The summed E-state index contributed by atoms with van der Waals surface area (Å²) in [6, 6.07) is 47.9. The molecule has 354 valence electrons. The molecule has 1 saturated carbocycles. The molecule has 0 aromatic heterocycles. The van der Waals surface area contributed by atoms with Crippen LogP contribution >= 0.6 is 23.5 Å². The van der Waals surface area contributed by atoms with E-state index in [1.807, 2.05) is 54.7 Å².